The normalized spacial score (nSPS) is 13.7. The van der Waals surface area contributed by atoms with Crippen LogP contribution in [0.1, 0.15) is 24.8 Å². The molecular weight excluding hydrogens is 483 g/mol. The van der Waals surface area contributed by atoms with Gasteiger partial charge in [-0.1, -0.05) is 54.6 Å². The predicted octanol–water partition coefficient (Wildman–Crippen LogP) is 5.44. The average Bonchev–Trinajstić information content (AvgIpc) is 2.93. The maximum Gasteiger partial charge on any atom is 0.490 e. The van der Waals surface area contributed by atoms with Crippen molar-refractivity contribution in [3.05, 3.63) is 72.4 Å². The van der Waals surface area contributed by atoms with E-state index in [1.807, 2.05) is 12.3 Å². The highest BCUT2D eigenvalue weighted by Crippen LogP contribution is 2.33. The molecular formula is C27H26F3N5O2. The first-order valence-corrected chi connectivity index (χ1v) is 11.8. The van der Waals surface area contributed by atoms with Crippen LogP contribution in [0.4, 0.5) is 19.1 Å². The molecule has 3 heterocycles. The molecule has 0 bridgehead atoms. The predicted molar refractivity (Wildman–Crippen MR) is 136 cm³/mol. The first kappa shape index (κ1) is 26.0. The number of carbonyl (C=O) groups is 1. The molecule has 4 aromatic rings. The minimum atomic E-state index is -5.08. The average molecular weight is 510 g/mol. The monoisotopic (exact) mass is 509 g/mol. The van der Waals surface area contributed by atoms with Crippen molar-refractivity contribution in [1.29, 1.82) is 0 Å². The minimum absolute atomic E-state index is 0.531. The van der Waals surface area contributed by atoms with Gasteiger partial charge in [0.1, 0.15) is 0 Å². The number of carboxylic acid groups (broad SMARTS) is 1. The van der Waals surface area contributed by atoms with Gasteiger partial charge in [-0.05, 0) is 36.5 Å². The molecule has 10 heteroatoms. The van der Waals surface area contributed by atoms with Crippen molar-refractivity contribution < 1.29 is 23.1 Å². The van der Waals surface area contributed by atoms with Crippen molar-refractivity contribution in [3.8, 4) is 22.4 Å². The third-order valence-corrected chi connectivity index (χ3v) is 5.99. The number of nitrogens with zero attached hydrogens (tertiary/aromatic N) is 4. The number of anilines is 1. The number of alkyl halides is 3. The fourth-order valence-electron chi connectivity index (χ4n) is 4.06. The number of hydrogen-bond donors (Lipinski definition) is 2. The lowest BCUT2D eigenvalue weighted by molar-refractivity contribution is -0.192. The second kappa shape index (κ2) is 11.3. The van der Waals surface area contributed by atoms with Gasteiger partial charge in [-0.15, -0.1) is 0 Å². The van der Waals surface area contributed by atoms with Gasteiger partial charge >= 0.3 is 12.1 Å². The lowest BCUT2D eigenvalue weighted by Gasteiger charge is -2.26. The number of rotatable bonds is 4. The molecule has 1 aliphatic heterocycles. The van der Waals surface area contributed by atoms with Crippen molar-refractivity contribution in [1.82, 2.24) is 15.0 Å². The van der Waals surface area contributed by atoms with Crippen LogP contribution in [-0.2, 0) is 11.3 Å². The Morgan fingerprint density at radius 1 is 0.946 bits per heavy atom. The van der Waals surface area contributed by atoms with E-state index in [9.17, 15) is 13.2 Å². The zero-order chi connectivity index (χ0) is 26.4. The molecule has 1 saturated heterocycles. The van der Waals surface area contributed by atoms with E-state index < -0.39 is 12.1 Å². The SMILES string of the molecule is NCc1ccc(-c2nc3nc(N4CCCCC4)ncc3cc2-c2ccccc2)cc1.O=C(O)C(F)(F)F. The summed E-state index contributed by atoms with van der Waals surface area (Å²) in [4.78, 5) is 25.7. The van der Waals surface area contributed by atoms with Crippen molar-refractivity contribution in [2.45, 2.75) is 32.0 Å². The molecule has 192 valence electrons. The smallest absolute Gasteiger partial charge is 0.475 e. The maximum atomic E-state index is 10.6. The van der Waals surface area contributed by atoms with E-state index in [-0.39, 0.29) is 0 Å². The Hall–Kier alpha value is -4.05. The molecule has 0 radical (unpaired) electrons. The highest BCUT2D eigenvalue weighted by molar-refractivity contribution is 5.90. The van der Waals surface area contributed by atoms with E-state index in [0.29, 0.717) is 6.54 Å². The fraction of sp³-hybridized carbons (Fsp3) is 0.259. The highest BCUT2D eigenvalue weighted by Gasteiger charge is 2.38. The van der Waals surface area contributed by atoms with Crippen LogP contribution in [0, 0.1) is 0 Å². The maximum absolute atomic E-state index is 10.6. The highest BCUT2D eigenvalue weighted by atomic mass is 19.4. The molecule has 0 saturated carbocycles. The quantitative estimate of drug-likeness (QED) is 0.377. The Labute approximate surface area is 211 Å². The van der Waals surface area contributed by atoms with Crippen LogP contribution in [0.25, 0.3) is 33.4 Å². The van der Waals surface area contributed by atoms with E-state index in [4.69, 9.17) is 25.6 Å². The summed E-state index contributed by atoms with van der Waals surface area (Å²) in [5.41, 5.74) is 11.8. The molecule has 3 N–H and O–H groups in total. The molecule has 1 fully saturated rings. The summed E-state index contributed by atoms with van der Waals surface area (Å²) < 4.78 is 31.7. The van der Waals surface area contributed by atoms with Crippen LogP contribution in [0.2, 0.25) is 0 Å². The van der Waals surface area contributed by atoms with Gasteiger partial charge in [-0.2, -0.15) is 18.2 Å². The zero-order valence-corrected chi connectivity index (χ0v) is 19.9. The standard InChI is InChI=1S/C25H25N5.C2HF3O2/c26-16-18-9-11-20(12-10-18)23-22(19-7-3-1-4-8-19)15-21-17-27-25(29-24(21)28-23)30-13-5-2-6-14-30;3-2(4,5)1(6)7/h1,3-4,7-12,15,17H,2,5-6,13-14,16,26H2;(H,6,7). The molecule has 0 spiro atoms. The van der Waals surface area contributed by atoms with Gasteiger partial charge in [0.05, 0.1) is 5.69 Å². The van der Waals surface area contributed by atoms with Crippen molar-refractivity contribution in [2.24, 2.45) is 5.73 Å². The van der Waals surface area contributed by atoms with Gasteiger partial charge in [0, 0.05) is 42.3 Å². The van der Waals surface area contributed by atoms with Gasteiger partial charge in [0.2, 0.25) is 5.95 Å². The summed E-state index contributed by atoms with van der Waals surface area (Å²) in [5.74, 6) is -1.97. The number of fused-ring (bicyclic) bond motifs is 1. The number of benzene rings is 2. The first-order valence-electron chi connectivity index (χ1n) is 11.8. The summed E-state index contributed by atoms with van der Waals surface area (Å²) in [6.45, 7) is 2.56. The number of nitrogens with two attached hydrogens (primary N) is 1. The Bertz CT molecular complexity index is 1360. The molecule has 2 aromatic heterocycles. The van der Waals surface area contributed by atoms with Crippen LogP contribution in [0.15, 0.2) is 66.9 Å². The number of piperidine rings is 1. The lowest BCUT2D eigenvalue weighted by Crippen LogP contribution is -2.30. The van der Waals surface area contributed by atoms with E-state index >= 15 is 0 Å². The number of aliphatic carboxylic acids is 1. The lowest BCUT2D eigenvalue weighted by atomic mass is 9.98. The van der Waals surface area contributed by atoms with Crippen molar-refractivity contribution in [3.63, 3.8) is 0 Å². The van der Waals surface area contributed by atoms with Crippen molar-refractivity contribution >= 4 is 23.0 Å². The molecule has 37 heavy (non-hydrogen) atoms. The summed E-state index contributed by atoms with van der Waals surface area (Å²) in [7, 11) is 0. The third kappa shape index (κ3) is 6.39. The molecule has 0 aliphatic carbocycles. The number of carboxylic acids is 1. The minimum Gasteiger partial charge on any atom is -0.475 e. The molecule has 0 atom stereocenters. The number of hydrogen-bond acceptors (Lipinski definition) is 6. The number of halogens is 3. The van der Waals surface area contributed by atoms with Crippen molar-refractivity contribution in [2.75, 3.05) is 18.0 Å². The van der Waals surface area contributed by atoms with Crippen LogP contribution >= 0.6 is 0 Å². The van der Waals surface area contributed by atoms with Gasteiger partial charge in [-0.25, -0.2) is 14.8 Å². The zero-order valence-electron chi connectivity index (χ0n) is 19.9. The Balaban J connectivity index is 0.000000405. The molecule has 0 amide bonds. The van der Waals surface area contributed by atoms with E-state index in [1.165, 1.54) is 19.3 Å². The first-order chi connectivity index (χ1) is 17.8. The van der Waals surface area contributed by atoms with E-state index in [0.717, 1.165) is 58.0 Å². The summed E-state index contributed by atoms with van der Waals surface area (Å²) in [6, 6.07) is 20.8. The summed E-state index contributed by atoms with van der Waals surface area (Å²) >= 11 is 0. The molecule has 0 unspecified atom stereocenters. The van der Waals surface area contributed by atoms with Crippen LogP contribution in [0.5, 0.6) is 0 Å². The number of pyridine rings is 1. The second-order valence-electron chi connectivity index (χ2n) is 8.59. The van der Waals surface area contributed by atoms with Gasteiger partial charge < -0.3 is 15.7 Å². The molecule has 2 aromatic carbocycles. The van der Waals surface area contributed by atoms with Crippen LogP contribution in [0.3, 0.4) is 0 Å². The molecule has 7 nitrogen and oxygen atoms in total. The van der Waals surface area contributed by atoms with Gasteiger partial charge in [0.25, 0.3) is 0 Å². The summed E-state index contributed by atoms with van der Waals surface area (Å²) in [5, 5.41) is 8.08. The largest absolute Gasteiger partial charge is 0.490 e. The second-order valence-corrected chi connectivity index (χ2v) is 8.59. The molecule has 5 rings (SSSR count). The van der Waals surface area contributed by atoms with Crippen LogP contribution in [-0.4, -0.2) is 45.3 Å². The van der Waals surface area contributed by atoms with E-state index in [2.05, 4.69) is 64.5 Å². The van der Waals surface area contributed by atoms with Gasteiger partial charge in [0.15, 0.2) is 5.65 Å². The van der Waals surface area contributed by atoms with Gasteiger partial charge in [-0.3, -0.25) is 0 Å². The van der Waals surface area contributed by atoms with Crippen LogP contribution < -0.4 is 10.6 Å². The number of aromatic nitrogens is 3. The van der Waals surface area contributed by atoms with E-state index in [1.54, 1.807) is 0 Å². The summed E-state index contributed by atoms with van der Waals surface area (Å²) in [6.07, 6.45) is 0.500. The Morgan fingerprint density at radius 3 is 2.19 bits per heavy atom. The Morgan fingerprint density at radius 2 is 1.59 bits per heavy atom. The third-order valence-electron chi connectivity index (χ3n) is 5.99. The topological polar surface area (TPSA) is 105 Å². The fourth-order valence-corrected chi connectivity index (χ4v) is 4.06. The Kier molecular flexibility index (Phi) is 7.98. The molecule has 1 aliphatic rings.